The molecule has 3 heterocycles. The van der Waals surface area contributed by atoms with E-state index in [1.165, 1.54) is 11.3 Å². The zero-order valence-electron chi connectivity index (χ0n) is 26.0. The maximum absolute atomic E-state index is 14.2. The SMILES string of the molecule is CCOc1ccc([C@H]2C(C(=O)OC(C)C)=C(C)N=c3s/c(=C/c4cn(CC(=O)Nc5ccccc5)c5ccccc45)c(=O)n32)cc1. The number of benzene rings is 3. The molecule has 0 fully saturated rings. The number of nitrogens with zero attached hydrogens (tertiary/aromatic N) is 3. The van der Waals surface area contributed by atoms with E-state index in [9.17, 15) is 14.4 Å². The summed E-state index contributed by atoms with van der Waals surface area (Å²) in [7, 11) is 0. The van der Waals surface area contributed by atoms with Crippen LogP contribution in [0.3, 0.4) is 0 Å². The Bertz CT molecular complexity index is 2140. The molecule has 46 heavy (non-hydrogen) atoms. The summed E-state index contributed by atoms with van der Waals surface area (Å²) in [4.78, 5) is 45.8. The van der Waals surface area contributed by atoms with Gasteiger partial charge in [-0.15, -0.1) is 0 Å². The summed E-state index contributed by atoms with van der Waals surface area (Å²) < 4.78 is 15.2. The molecule has 1 aliphatic rings. The maximum Gasteiger partial charge on any atom is 0.338 e. The zero-order chi connectivity index (χ0) is 32.4. The van der Waals surface area contributed by atoms with Crippen LogP contribution in [0.25, 0.3) is 17.0 Å². The third-order valence-corrected chi connectivity index (χ3v) is 8.55. The third kappa shape index (κ3) is 6.16. The van der Waals surface area contributed by atoms with Crippen molar-refractivity contribution in [3.05, 3.63) is 127 Å². The number of allylic oxidation sites excluding steroid dienone is 1. The maximum atomic E-state index is 14.2. The van der Waals surface area contributed by atoms with Gasteiger partial charge in [-0.05, 0) is 69.7 Å². The fraction of sp³-hybridized carbons (Fsp3) is 0.222. The van der Waals surface area contributed by atoms with Gasteiger partial charge in [0.1, 0.15) is 12.3 Å². The van der Waals surface area contributed by atoms with Gasteiger partial charge in [-0.2, -0.15) is 0 Å². The van der Waals surface area contributed by atoms with Crippen LogP contribution in [0.2, 0.25) is 0 Å². The topological polar surface area (TPSA) is 104 Å². The van der Waals surface area contributed by atoms with E-state index in [1.807, 2.05) is 103 Å². The number of para-hydroxylation sites is 2. The van der Waals surface area contributed by atoms with Gasteiger partial charge in [0.15, 0.2) is 4.80 Å². The number of thiazole rings is 1. The Hall–Kier alpha value is -5.22. The van der Waals surface area contributed by atoms with Crippen LogP contribution in [0.1, 0.15) is 44.9 Å². The lowest BCUT2D eigenvalue weighted by Crippen LogP contribution is -2.40. The number of esters is 1. The average Bonchev–Trinajstić information content (AvgIpc) is 3.53. The van der Waals surface area contributed by atoms with E-state index in [0.717, 1.165) is 27.7 Å². The van der Waals surface area contributed by atoms with E-state index in [0.29, 0.717) is 33.0 Å². The van der Waals surface area contributed by atoms with Crippen LogP contribution >= 0.6 is 11.3 Å². The fourth-order valence-corrected chi connectivity index (χ4v) is 6.67. The molecule has 0 bridgehead atoms. The Kier molecular flexibility index (Phi) is 8.72. The smallest absolute Gasteiger partial charge is 0.338 e. The van der Waals surface area contributed by atoms with Gasteiger partial charge in [0.25, 0.3) is 5.56 Å². The lowest BCUT2D eigenvalue weighted by Gasteiger charge is -2.25. The number of anilines is 1. The minimum atomic E-state index is -0.733. The molecule has 10 heteroatoms. The second-order valence-electron chi connectivity index (χ2n) is 11.2. The lowest BCUT2D eigenvalue weighted by atomic mass is 9.96. The quantitative estimate of drug-likeness (QED) is 0.225. The monoisotopic (exact) mass is 634 g/mol. The van der Waals surface area contributed by atoms with Crippen molar-refractivity contribution in [1.29, 1.82) is 0 Å². The molecule has 0 spiro atoms. The molecule has 6 rings (SSSR count). The van der Waals surface area contributed by atoms with Crippen LogP contribution in [-0.4, -0.2) is 33.7 Å². The summed E-state index contributed by atoms with van der Waals surface area (Å²) in [5, 5.41) is 3.84. The van der Waals surface area contributed by atoms with Gasteiger partial charge in [0, 0.05) is 28.4 Å². The number of hydrogen-bond donors (Lipinski definition) is 1. The molecule has 3 aromatic carbocycles. The van der Waals surface area contributed by atoms with Crippen LogP contribution in [0.15, 0.2) is 106 Å². The first-order valence-corrected chi connectivity index (χ1v) is 15.9. The number of hydrogen-bond acceptors (Lipinski definition) is 7. The summed E-state index contributed by atoms with van der Waals surface area (Å²) in [6.07, 6.45) is 3.37. The van der Waals surface area contributed by atoms with E-state index in [2.05, 4.69) is 5.32 Å². The van der Waals surface area contributed by atoms with Gasteiger partial charge in [-0.25, -0.2) is 9.79 Å². The molecule has 1 amide bonds. The lowest BCUT2D eigenvalue weighted by molar-refractivity contribution is -0.143. The number of amides is 1. The number of nitrogens with one attached hydrogen (secondary N) is 1. The fourth-order valence-electron chi connectivity index (χ4n) is 5.63. The number of carbonyl (C=O) groups is 2. The second-order valence-corrected chi connectivity index (χ2v) is 12.2. The number of ether oxygens (including phenoxy) is 2. The minimum Gasteiger partial charge on any atom is -0.494 e. The summed E-state index contributed by atoms with van der Waals surface area (Å²) in [6, 6.07) is 23.7. The molecular weight excluding hydrogens is 600 g/mol. The zero-order valence-corrected chi connectivity index (χ0v) is 26.8. The molecule has 0 radical (unpaired) electrons. The van der Waals surface area contributed by atoms with E-state index in [4.69, 9.17) is 14.5 Å². The van der Waals surface area contributed by atoms with Gasteiger partial charge in [-0.1, -0.05) is 59.9 Å². The van der Waals surface area contributed by atoms with Crippen molar-refractivity contribution in [3.63, 3.8) is 0 Å². The summed E-state index contributed by atoms with van der Waals surface area (Å²) in [6.45, 7) is 7.88. The molecule has 1 N–H and O–H groups in total. The highest BCUT2D eigenvalue weighted by Crippen LogP contribution is 2.32. The number of fused-ring (bicyclic) bond motifs is 2. The molecule has 234 valence electrons. The molecule has 0 saturated carbocycles. The van der Waals surface area contributed by atoms with Crippen molar-refractivity contribution in [3.8, 4) is 5.75 Å². The van der Waals surface area contributed by atoms with Gasteiger partial charge < -0.3 is 19.4 Å². The van der Waals surface area contributed by atoms with Crippen molar-refractivity contribution in [1.82, 2.24) is 9.13 Å². The Balaban J connectivity index is 1.44. The molecule has 5 aromatic rings. The normalized spacial score (nSPS) is 14.7. The van der Waals surface area contributed by atoms with Gasteiger partial charge in [0.05, 0.1) is 34.6 Å². The first-order chi connectivity index (χ1) is 22.2. The van der Waals surface area contributed by atoms with Gasteiger partial charge >= 0.3 is 5.97 Å². The average molecular weight is 635 g/mol. The molecule has 9 nitrogen and oxygen atoms in total. The van der Waals surface area contributed by atoms with E-state index in [1.54, 1.807) is 25.3 Å². The second kappa shape index (κ2) is 13.0. The standard InChI is InChI=1S/C36H34N4O5S/c1-5-44-27-17-15-24(16-18-27)33-32(35(43)45-22(2)3)23(4)37-36-40(33)34(42)30(46-36)19-25-20-39(29-14-10-9-13-28(25)29)21-31(41)38-26-11-7-6-8-12-26/h6-20,22,33H,5,21H2,1-4H3,(H,38,41)/b30-19+/t33-/m0/s1. The Morgan fingerprint density at radius 2 is 1.74 bits per heavy atom. The van der Waals surface area contributed by atoms with Crippen LogP contribution in [0, 0.1) is 0 Å². The number of carbonyl (C=O) groups excluding carboxylic acids is 2. The molecule has 0 saturated heterocycles. The summed E-state index contributed by atoms with van der Waals surface area (Å²) in [5.74, 6) is 0.0188. The first kappa shape index (κ1) is 30.8. The van der Waals surface area contributed by atoms with Crippen molar-refractivity contribution in [2.45, 2.75) is 46.4 Å². The largest absolute Gasteiger partial charge is 0.494 e. The van der Waals surface area contributed by atoms with Gasteiger partial charge in [0.2, 0.25) is 5.91 Å². The molecule has 0 aliphatic carbocycles. The van der Waals surface area contributed by atoms with E-state index >= 15 is 0 Å². The molecule has 0 unspecified atom stereocenters. The highest BCUT2D eigenvalue weighted by molar-refractivity contribution is 7.07. The predicted molar refractivity (Wildman–Crippen MR) is 180 cm³/mol. The highest BCUT2D eigenvalue weighted by atomic mass is 32.1. The van der Waals surface area contributed by atoms with E-state index in [-0.39, 0.29) is 24.1 Å². The number of rotatable bonds is 9. The molecule has 1 aliphatic heterocycles. The van der Waals surface area contributed by atoms with E-state index < -0.39 is 12.0 Å². The van der Waals surface area contributed by atoms with Gasteiger partial charge in [-0.3, -0.25) is 14.2 Å². The van der Waals surface area contributed by atoms with Crippen molar-refractivity contribution >= 4 is 45.9 Å². The van der Waals surface area contributed by atoms with Crippen LogP contribution in [0.4, 0.5) is 5.69 Å². The Labute approximate surface area is 269 Å². The molecular formula is C36H34N4O5S. The molecule has 2 aromatic heterocycles. The number of aromatic nitrogens is 2. The minimum absolute atomic E-state index is 0.1000. The van der Waals surface area contributed by atoms with Crippen molar-refractivity contribution in [2.24, 2.45) is 4.99 Å². The molecule has 1 atom stereocenters. The third-order valence-electron chi connectivity index (χ3n) is 7.57. The highest BCUT2D eigenvalue weighted by Gasteiger charge is 2.34. The van der Waals surface area contributed by atoms with Crippen molar-refractivity contribution in [2.75, 3.05) is 11.9 Å². The van der Waals surface area contributed by atoms with Crippen molar-refractivity contribution < 1.29 is 19.1 Å². The Morgan fingerprint density at radius 3 is 2.46 bits per heavy atom. The Morgan fingerprint density at radius 1 is 1.02 bits per heavy atom. The first-order valence-electron chi connectivity index (χ1n) is 15.1. The van der Waals surface area contributed by atoms with Crippen LogP contribution in [0.5, 0.6) is 5.75 Å². The predicted octanol–water partition coefficient (Wildman–Crippen LogP) is 5.18. The van der Waals surface area contributed by atoms with Crippen LogP contribution in [-0.2, 0) is 20.9 Å². The summed E-state index contributed by atoms with van der Waals surface area (Å²) >= 11 is 1.26. The van der Waals surface area contributed by atoms with Crippen LogP contribution < -0.4 is 24.9 Å². The summed E-state index contributed by atoms with van der Waals surface area (Å²) in [5.41, 5.74) is 3.66.